The first kappa shape index (κ1) is 15.3. The van der Waals surface area contributed by atoms with Crippen molar-refractivity contribution in [2.45, 2.75) is 77.2 Å². The molecule has 0 aromatic rings. The van der Waals surface area contributed by atoms with Gasteiger partial charge in [0.25, 0.3) is 0 Å². The summed E-state index contributed by atoms with van der Waals surface area (Å²) in [6.45, 7) is 2.20. The lowest BCUT2D eigenvalue weighted by Crippen LogP contribution is -2.40. The molecule has 0 heterocycles. The van der Waals surface area contributed by atoms with Gasteiger partial charge in [-0.25, -0.2) is 0 Å². The van der Waals surface area contributed by atoms with Crippen molar-refractivity contribution in [2.24, 2.45) is 11.3 Å². The third-order valence-corrected chi connectivity index (χ3v) is 5.07. The van der Waals surface area contributed by atoms with E-state index in [-0.39, 0.29) is 18.4 Å². The van der Waals surface area contributed by atoms with Gasteiger partial charge < -0.3 is 10.4 Å². The number of amides is 1. The number of rotatable bonds is 4. The summed E-state index contributed by atoms with van der Waals surface area (Å²) in [5, 5.41) is 12.6. The molecule has 2 rings (SSSR count). The molecule has 2 aliphatic rings. The number of aliphatic carboxylic acids is 1. The largest absolute Gasteiger partial charge is 0.481 e. The van der Waals surface area contributed by atoms with Crippen LogP contribution in [0.5, 0.6) is 0 Å². The molecule has 0 spiro atoms. The Balaban J connectivity index is 1.93. The average molecular weight is 281 g/mol. The topological polar surface area (TPSA) is 66.4 Å². The van der Waals surface area contributed by atoms with Crippen LogP contribution in [-0.2, 0) is 9.59 Å². The molecule has 4 heteroatoms. The molecule has 4 nitrogen and oxygen atoms in total. The maximum absolute atomic E-state index is 12.2. The van der Waals surface area contributed by atoms with Crippen molar-refractivity contribution in [3.05, 3.63) is 0 Å². The third-order valence-electron chi connectivity index (χ3n) is 5.07. The molecule has 2 saturated carbocycles. The third kappa shape index (κ3) is 3.74. The van der Waals surface area contributed by atoms with E-state index in [0.717, 1.165) is 44.9 Å². The summed E-state index contributed by atoms with van der Waals surface area (Å²) in [4.78, 5) is 23.9. The number of carbonyl (C=O) groups excluding carboxylic acids is 1. The van der Waals surface area contributed by atoms with Crippen molar-refractivity contribution >= 4 is 11.9 Å². The molecule has 0 aliphatic heterocycles. The van der Waals surface area contributed by atoms with E-state index in [9.17, 15) is 14.7 Å². The summed E-state index contributed by atoms with van der Waals surface area (Å²) in [6.07, 6.45) is 8.74. The van der Waals surface area contributed by atoms with Gasteiger partial charge in [0.2, 0.25) is 5.91 Å². The Kier molecular flexibility index (Phi) is 5.06. The minimum Gasteiger partial charge on any atom is -0.481 e. The van der Waals surface area contributed by atoms with Gasteiger partial charge in [0.15, 0.2) is 0 Å². The fourth-order valence-corrected chi connectivity index (χ4v) is 3.80. The van der Waals surface area contributed by atoms with Gasteiger partial charge in [-0.1, -0.05) is 32.6 Å². The zero-order chi connectivity index (χ0) is 14.6. The molecule has 2 unspecified atom stereocenters. The van der Waals surface area contributed by atoms with E-state index in [1.54, 1.807) is 0 Å². The molecule has 2 fully saturated rings. The van der Waals surface area contributed by atoms with Gasteiger partial charge in [-0.2, -0.15) is 0 Å². The summed E-state index contributed by atoms with van der Waals surface area (Å²) < 4.78 is 0. The Morgan fingerprint density at radius 3 is 2.30 bits per heavy atom. The highest BCUT2D eigenvalue weighted by Crippen LogP contribution is 2.38. The molecular formula is C16H27NO3. The molecule has 0 bridgehead atoms. The lowest BCUT2D eigenvalue weighted by atomic mass is 9.77. The second-order valence-electron chi connectivity index (χ2n) is 6.86. The Hall–Kier alpha value is -1.06. The molecule has 2 N–H and O–H groups in total. The Bertz CT molecular complexity index is 359. The normalized spacial score (nSPS) is 29.6. The van der Waals surface area contributed by atoms with Crippen molar-refractivity contribution in [2.75, 3.05) is 0 Å². The summed E-state index contributed by atoms with van der Waals surface area (Å²) in [7, 11) is 0. The lowest BCUT2D eigenvalue weighted by Gasteiger charge is -2.28. The van der Waals surface area contributed by atoms with Crippen LogP contribution in [0.1, 0.15) is 71.1 Å². The van der Waals surface area contributed by atoms with Gasteiger partial charge in [0.1, 0.15) is 0 Å². The maximum Gasteiger partial charge on any atom is 0.310 e. The highest BCUT2D eigenvalue weighted by atomic mass is 16.4. The first-order valence-electron chi connectivity index (χ1n) is 8.05. The van der Waals surface area contributed by atoms with Crippen LogP contribution in [0.25, 0.3) is 0 Å². The highest BCUT2D eigenvalue weighted by molar-refractivity contribution is 5.85. The van der Waals surface area contributed by atoms with Crippen molar-refractivity contribution in [1.29, 1.82) is 0 Å². The van der Waals surface area contributed by atoms with Gasteiger partial charge in [0.05, 0.1) is 5.41 Å². The maximum atomic E-state index is 12.2. The summed E-state index contributed by atoms with van der Waals surface area (Å²) in [5.41, 5.74) is -0.815. The van der Waals surface area contributed by atoms with E-state index < -0.39 is 11.4 Å². The predicted molar refractivity (Wildman–Crippen MR) is 77.3 cm³/mol. The number of carboxylic acids is 1. The lowest BCUT2D eigenvalue weighted by molar-refractivity contribution is -0.153. The average Bonchev–Trinajstić information content (AvgIpc) is 2.64. The molecule has 20 heavy (non-hydrogen) atoms. The number of nitrogens with one attached hydrogen (secondary N) is 1. The number of carboxylic acid groups (broad SMARTS) is 1. The van der Waals surface area contributed by atoms with Gasteiger partial charge in [-0.3, -0.25) is 9.59 Å². The fraction of sp³-hybridized carbons (Fsp3) is 0.875. The van der Waals surface area contributed by atoms with Crippen molar-refractivity contribution in [3.8, 4) is 0 Å². The molecule has 0 aromatic heterocycles. The van der Waals surface area contributed by atoms with Crippen LogP contribution in [0.2, 0.25) is 0 Å². The van der Waals surface area contributed by atoms with E-state index in [1.165, 1.54) is 0 Å². The molecular weight excluding hydrogens is 254 g/mol. The van der Waals surface area contributed by atoms with Gasteiger partial charge >= 0.3 is 5.97 Å². The number of carbonyl (C=O) groups is 2. The fourth-order valence-electron chi connectivity index (χ4n) is 3.80. The zero-order valence-electron chi connectivity index (χ0n) is 12.5. The monoisotopic (exact) mass is 281 g/mol. The molecule has 114 valence electrons. The van der Waals surface area contributed by atoms with Crippen LogP contribution in [0.4, 0.5) is 0 Å². The van der Waals surface area contributed by atoms with Crippen LogP contribution in [0, 0.1) is 11.3 Å². The van der Waals surface area contributed by atoms with E-state index in [0.29, 0.717) is 18.8 Å². The van der Waals surface area contributed by atoms with Crippen LogP contribution >= 0.6 is 0 Å². The second kappa shape index (κ2) is 6.59. The SMILES string of the molecule is CC1CCC(NC(=O)CC2(C(=O)O)CCCCCC2)C1. The first-order chi connectivity index (χ1) is 9.52. The quantitative estimate of drug-likeness (QED) is 0.778. The predicted octanol–water partition coefficient (Wildman–Crippen LogP) is 3.11. The van der Waals surface area contributed by atoms with E-state index >= 15 is 0 Å². The van der Waals surface area contributed by atoms with Crippen molar-refractivity contribution in [3.63, 3.8) is 0 Å². The minimum atomic E-state index is -0.815. The second-order valence-corrected chi connectivity index (χ2v) is 6.86. The van der Waals surface area contributed by atoms with Gasteiger partial charge in [0, 0.05) is 12.5 Å². The molecule has 1 amide bonds. The Morgan fingerprint density at radius 2 is 1.80 bits per heavy atom. The summed E-state index contributed by atoms with van der Waals surface area (Å²) in [5.74, 6) is -0.172. The number of hydrogen-bond acceptors (Lipinski definition) is 2. The van der Waals surface area contributed by atoms with E-state index in [4.69, 9.17) is 0 Å². The summed E-state index contributed by atoms with van der Waals surface area (Å²) in [6, 6.07) is 0.258. The molecule has 2 aliphatic carbocycles. The molecule has 0 aromatic carbocycles. The molecule has 0 saturated heterocycles. The van der Waals surface area contributed by atoms with E-state index in [2.05, 4.69) is 12.2 Å². The van der Waals surface area contributed by atoms with Crippen LogP contribution in [0.3, 0.4) is 0 Å². The van der Waals surface area contributed by atoms with Gasteiger partial charge in [-0.15, -0.1) is 0 Å². The van der Waals surface area contributed by atoms with E-state index in [1.807, 2.05) is 0 Å². The Labute approximate surface area is 121 Å². The standard InChI is InChI=1S/C16H27NO3/c1-12-6-7-13(10-12)17-14(18)11-16(15(19)20)8-4-2-3-5-9-16/h12-13H,2-11H2,1H3,(H,17,18)(H,19,20). The summed E-state index contributed by atoms with van der Waals surface area (Å²) >= 11 is 0. The van der Waals surface area contributed by atoms with Crippen LogP contribution in [0.15, 0.2) is 0 Å². The smallest absolute Gasteiger partial charge is 0.310 e. The Morgan fingerprint density at radius 1 is 1.15 bits per heavy atom. The zero-order valence-corrected chi connectivity index (χ0v) is 12.5. The molecule has 2 atom stereocenters. The molecule has 0 radical (unpaired) electrons. The minimum absolute atomic E-state index is 0.0617. The van der Waals surface area contributed by atoms with Crippen LogP contribution < -0.4 is 5.32 Å². The van der Waals surface area contributed by atoms with Crippen molar-refractivity contribution in [1.82, 2.24) is 5.32 Å². The van der Waals surface area contributed by atoms with Gasteiger partial charge in [-0.05, 0) is 38.0 Å². The highest BCUT2D eigenvalue weighted by Gasteiger charge is 2.41. The number of hydrogen-bond donors (Lipinski definition) is 2. The van der Waals surface area contributed by atoms with Crippen LogP contribution in [-0.4, -0.2) is 23.0 Å². The van der Waals surface area contributed by atoms with Crippen molar-refractivity contribution < 1.29 is 14.7 Å². The first-order valence-corrected chi connectivity index (χ1v) is 8.05.